The zero-order chi connectivity index (χ0) is 26.2. The average Bonchev–Trinajstić information content (AvgIpc) is 3.64. The Morgan fingerprint density at radius 3 is 2.49 bits per heavy atom. The van der Waals surface area contributed by atoms with Crippen LogP contribution in [-0.2, 0) is 14.3 Å². The summed E-state index contributed by atoms with van der Waals surface area (Å²) in [4.78, 5) is 53.1. The predicted molar refractivity (Wildman–Crippen MR) is 136 cm³/mol. The van der Waals surface area contributed by atoms with E-state index in [0.717, 1.165) is 12.8 Å². The molecule has 1 fully saturated rings. The molecular weight excluding hydrogens is 474 g/mol. The van der Waals surface area contributed by atoms with Gasteiger partial charge in [-0.25, -0.2) is 0 Å². The Kier molecular flexibility index (Phi) is 8.48. The Hall–Kier alpha value is -4.24. The number of rotatable bonds is 10. The smallest absolute Gasteiger partial charge is 0.287 e. The molecule has 2 heterocycles. The molecule has 9 heteroatoms. The zero-order valence-corrected chi connectivity index (χ0v) is 20.5. The van der Waals surface area contributed by atoms with Gasteiger partial charge >= 0.3 is 0 Å². The quantitative estimate of drug-likeness (QED) is 0.410. The van der Waals surface area contributed by atoms with Crippen molar-refractivity contribution < 1.29 is 28.3 Å². The lowest BCUT2D eigenvalue weighted by Gasteiger charge is -2.32. The van der Waals surface area contributed by atoms with Gasteiger partial charge in [-0.3, -0.25) is 24.1 Å². The highest BCUT2D eigenvalue weighted by Crippen LogP contribution is 2.29. The molecule has 2 N–H and O–H groups in total. The van der Waals surface area contributed by atoms with Gasteiger partial charge in [-0.1, -0.05) is 42.5 Å². The molecule has 0 saturated carbocycles. The molecule has 4 rings (SSSR count). The van der Waals surface area contributed by atoms with E-state index in [1.54, 1.807) is 54.6 Å². The molecule has 2 unspecified atom stereocenters. The van der Waals surface area contributed by atoms with Crippen LogP contribution in [0.3, 0.4) is 0 Å². The number of Topliss-reactive ketones (excluding diaryl/α,β-unsaturated/α-hetero) is 1. The van der Waals surface area contributed by atoms with Crippen LogP contribution < -0.4 is 15.5 Å². The number of ether oxygens (including phenoxy) is 1. The van der Waals surface area contributed by atoms with E-state index in [-0.39, 0.29) is 17.6 Å². The Bertz CT molecular complexity index is 1240. The molecule has 192 valence electrons. The van der Waals surface area contributed by atoms with Gasteiger partial charge < -0.3 is 19.8 Å². The van der Waals surface area contributed by atoms with Crippen molar-refractivity contribution in [2.45, 2.75) is 31.9 Å². The largest absolute Gasteiger partial charge is 0.459 e. The maximum atomic E-state index is 13.7. The van der Waals surface area contributed by atoms with E-state index in [1.807, 2.05) is 6.07 Å². The second kappa shape index (κ2) is 12.1. The van der Waals surface area contributed by atoms with Crippen LogP contribution in [0.25, 0.3) is 0 Å². The van der Waals surface area contributed by atoms with E-state index in [9.17, 15) is 19.2 Å². The molecule has 9 nitrogen and oxygen atoms in total. The maximum absolute atomic E-state index is 13.7. The average molecular weight is 504 g/mol. The Morgan fingerprint density at radius 1 is 1.00 bits per heavy atom. The minimum atomic E-state index is -1.06. The standard InChI is InChI=1S/C28H29N3O6/c1-19(32)21-10-5-11-22(16-21)31(25(33)18-30-27(34)24-13-7-15-37-24)26(20-8-3-2-4-9-20)28(35)29-17-23-12-6-14-36-23/h2-5,7-11,13,15-16,23,26H,6,12,14,17-18H2,1H3,(H,29,35)(H,30,34). The van der Waals surface area contributed by atoms with Crippen LogP contribution in [0.5, 0.6) is 0 Å². The molecule has 0 radical (unpaired) electrons. The number of carbonyl (C=O) groups excluding carboxylic acids is 4. The van der Waals surface area contributed by atoms with Gasteiger partial charge in [0.05, 0.1) is 18.9 Å². The fourth-order valence-corrected chi connectivity index (χ4v) is 4.22. The highest BCUT2D eigenvalue weighted by Gasteiger charge is 2.33. The van der Waals surface area contributed by atoms with Crippen molar-refractivity contribution in [2.24, 2.45) is 0 Å². The first-order valence-electron chi connectivity index (χ1n) is 12.1. The molecule has 1 aromatic heterocycles. The van der Waals surface area contributed by atoms with Crippen molar-refractivity contribution in [3.63, 3.8) is 0 Å². The number of carbonyl (C=O) groups is 4. The van der Waals surface area contributed by atoms with E-state index < -0.39 is 30.3 Å². The van der Waals surface area contributed by atoms with E-state index in [4.69, 9.17) is 9.15 Å². The van der Waals surface area contributed by atoms with Crippen LogP contribution in [0.4, 0.5) is 5.69 Å². The van der Waals surface area contributed by atoms with Crippen LogP contribution >= 0.6 is 0 Å². The molecule has 1 saturated heterocycles. The van der Waals surface area contributed by atoms with Gasteiger partial charge in [0, 0.05) is 24.4 Å². The number of benzene rings is 2. The van der Waals surface area contributed by atoms with Gasteiger partial charge in [-0.05, 0) is 49.6 Å². The van der Waals surface area contributed by atoms with Crippen molar-refractivity contribution in [3.8, 4) is 0 Å². The number of amides is 3. The summed E-state index contributed by atoms with van der Waals surface area (Å²) in [6.45, 7) is 2.00. The van der Waals surface area contributed by atoms with Gasteiger partial charge in [-0.15, -0.1) is 0 Å². The number of furan rings is 1. The first kappa shape index (κ1) is 25.8. The molecule has 3 amide bonds. The lowest BCUT2D eigenvalue weighted by atomic mass is 10.0. The summed E-state index contributed by atoms with van der Waals surface area (Å²) in [5.41, 5.74) is 1.32. The lowest BCUT2D eigenvalue weighted by molar-refractivity contribution is -0.126. The third kappa shape index (κ3) is 6.50. The maximum Gasteiger partial charge on any atom is 0.287 e. The zero-order valence-electron chi connectivity index (χ0n) is 20.5. The topological polar surface area (TPSA) is 118 Å². The van der Waals surface area contributed by atoms with E-state index in [2.05, 4.69) is 10.6 Å². The Balaban J connectivity index is 1.67. The van der Waals surface area contributed by atoms with Crippen molar-refractivity contribution in [1.82, 2.24) is 10.6 Å². The highest BCUT2D eigenvalue weighted by atomic mass is 16.5. The van der Waals surface area contributed by atoms with Crippen molar-refractivity contribution in [2.75, 3.05) is 24.6 Å². The highest BCUT2D eigenvalue weighted by molar-refractivity contribution is 6.05. The van der Waals surface area contributed by atoms with Crippen molar-refractivity contribution >= 4 is 29.2 Å². The molecule has 0 bridgehead atoms. The van der Waals surface area contributed by atoms with Gasteiger partial charge in [0.1, 0.15) is 6.04 Å². The van der Waals surface area contributed by atoms with Crippen LogP contribution in [0.2, 0.25) is 0 Å². The van der Waals surface area contributed by atoms with Gasteiger partial charge in [0.25, 0.3) is 5.91 Å². The fourth-order valence-electron chi connectivity index (χ4n) is 4.22. The minimum Gasteiger partial charge on any atom is -0.459 e. The van der Waals surface area contributed by atoms with Gasteiger partial charge in [0.15, 0.2) is 11.5 Å². The summed E-state index contributed by atoms with van der Waals surface area (Å²) < 4.78 is 10.7. The molecule has 37 heavy (non-hydrogen) atoms. The van der Waals surface area contributed by atoms with Gasteiger partial charge in [0.2, 0.25) is 11.8 Å². The fraction of sp³-hybridized carbons (Fsp3) is 0.286. The summed E-state index contributed by atoms with van der Waals surface area (Å²) in [5, 5.41) is 5.48. The second-order valence-electron chi connectivity index (χ2n) is 8.72. The normalized spacial score (nSPS) is 15.5. The van der Waals surface area contributed by atoms with Crippen molar-refractivity contribution in [3.05, 3.63) is 89.9 Å². The summed E-state index contributed by atoms with van der Waals surface area (Å²) in [6, 6.07) is 17.4. The third-order valence-corrected chi connectivity index (χ3v) is 6.09. The van der Waals surface area contributed by atoms with Gasteiger partial charge in [-0.2, -0.15) is 0 Å². The molecule has 3 aromatic rings. The molecule has 1 aliphatic heterocycles. The summed E-state index contributed by atoms with van der Waals surface area (Å²) in [6.07, 6.45) is 3.05. The lowest BCUT2D eigenvalue weighted by Crippen LogP contribution is -2.48. The predicted octanol–water partition coefficient (Wildman–Crippen LogP) is 3.28. The van der Waals surface area contributed by atoms with Crippen molar-refractivity contribution in [1.29, 1.82) is 0 Å². The number of anilines is 1. The SMILES string of the molecule is CC(=O)c1cccc(N(C(=O)CNC(=O)c2ccco2)C(C(=O)NCC2CCCO2)c2ccccc2)c1. The van der Waals surface area contributed by atoms with E-state index in [1.165, 1.54) is 24.2 Å². The Labute approximate surface area is 214 Å². The molecule has 2 atom stereocenters. The van der Waals surface area contributed by atoms with E-state index >= 15 is 0 Å². The molecular formula is C28H29N3O6. The summed E-state index contributed by atoms with van der Waals surface area (Å²) in [7, 11) is 0. The number of hydrogen-bond donors (Lipinski definition) is 2. The number of nitrogens with one attached hydrogen (secondary N) is 2. The number of nitrogens with zero attached hydrogens (tertiary/aromatic N) is 1. The number of hydrogen-bond acceptors (Lipinski definition) is 6. The van der Waals surface area contributed by atoms with Crippen LogP contribution in [-0.4, -0.2) is 49.3 Å². The minimum absolute atomic E-state index is 0.0619. The summed E-state index contributed by atoms with van der Waals surface area (Å²) >= 11 is 0. The molecule has 2 aromatic carbocycles. The van der Waals surface area contributed by atoms with Crippen LogP contribution in [0.1, 0.15) is 52.3 Å². The molecule has 0 spiro atoms. The Morgan fingerprint density at radius 2 is 1.81 bits per heavy atom. The third-order valence-electron chi connectivity index (χ3n) is 6.09. The van der Waals surface area contributed by atoms with E-state index in [0.29, 0.717) is 30.0 Å². The summed E-state index contributed by atoms with van der Waals surface area (Å²) in [5.74, 6) is -1.62. The monoisotopic (exact) mass is 503 g/mol. The first-order valence-corrected chi connectivity index (χ1v) is 12.1. The molecule has 0 aliphatic carbocycles. The van der Waals surface area contributed by atoms with Crippen LogP contribution in [0, 0.1) is 0 Å². The van der Waals surface area contributed by atoms with Crippen LogP contribution in [0.15, 0.2) is 77.4 Å². The number of ketones is 1. The first-order chi connectivity index (χ1) is 17.9. The second-order valence-corrected chi connectivity index (χ2v) is 8.72. The molecule has 1 aliphatic rings.